The molecule has 4 heterocycles. The molecule has 11 aromatic rings. The van der Waals surface area contributed by atoms with Crippen molar-refractivity contribution in [3.63, 3.8) is 0 Å². The fraction of sp³-hybridized carbons (Fsp3) is 0. The third-order valence-corrected chi connectivity index (χ3v) is 10.6. The van der Waals surface area contributed by atoms with E-state index in [1.807, 2.05) is 67.0 Å². The van der Waals surface area contributed by atoms with Gasteiger partial charge in [0.2, 0.25) is 0 Å². The lowest BCUT2D eigenvalue weighted by atomic mass is 9.93. The predicted octanol–water partition coefficient (Wildman–Crippen LogP) is 13.7. The maximum Gasteiger partial charge on any atom is 0.160 e. The number of furan rings is 2. The van der Waals surface area contributed by atoms with Crippen molar-refractivity contribution in [3.05, 3.63) is 188 Å². The Morgan fingerprint density at radius 3 is 1.38 bits per heavy atom. The van der Waals surface area contributed by atoms with Crippen LogP contribution in [-0.4, -0.2) is 15.0 Å². The summed E-state index contributed by atoms with van der Waals surface area (Å²) in [6.45, 7) is 0. The normalized spacial score (nSPS) is 11.6. The number of benzene rings is 7. The monoisotopic (exact) mass is 717 g/mol. The first-order valence-electron chi connectivity index (χ1n) is 18.7. The van der Waals surface area contributed by atoms with Crippen LogP contribution in [0.3, 0.4) is 0 Å². The summed E-state index contributed by atoms with van der Waals surface area (Å²) >= 11 is 0. The minimum atomic E-state index is 0.622. The van der Waals surface area contributed by atoms with E-state index < -0.39 is 0 Å². The van der Waals surface area contributed by atoms with Crippen LogP contribution in [0.15, 0.2) is 197 Å². The molecule has 0 aliphatic carbocycles. The van der Waals surface area contributed by atoms with E-state index >= 15 is 0 Å². The molecular weight excluding hydrogens is 687 g/mol. The highest BCUT2D eigenvalue weighted by Gasteiger charge is 2.19. The van der Waals surface area contributed by atoms with Gasteiger partial charge >= 0.3 is 0 Å². The minimum absolute atomic E-state index is 0.622. The van der Waals surface area contributed by atoms with Crippen molar-refractivity contribution >= 4 is 43.9 Å². The molecule has 56 heavy (non-hydrogen) atoms. The molecule has 0 aliphatic heterocycles. The van der Waals surface area contributed by atoms with Crippen LogP contribution in [0.2, 0.25) is 0 Å². The summed E-state index contributed by atoms with van der Waals surface area (Å²) in [6.07, 6.45) is 3.63. The van der Waals surface area contributed by atoms with E-state index in [0.29, 0.717) is 5.82 Å². The number of aromatic nitrogens is 3. The molecule has 0 unspecified atom stereocenters. The van der Waals surface area contributed by atoms with Crippen molar-refractivity contribution < 1.29 is 8.83 Å². The Kier molecular flexibility index (Phi) is 7.42. The number of nitrogens with zero attached hydrogens (tertiary/aromatic N) is 3. The highest BCUT2D eigenvalue weighted by molar-refractivity contribution is 6.11. The summed E-state index contributed by atoms with van der Waals surface area (Å²) in [5, 5.41) is 4.33. The number of hydrogen-bond donors (Lipinski definition) is 0. The SMILES string of the molecule is c1ccc(-c2cc(-c3ccc(-c4ccncc4)cc3)nc(-c3cc(-c4cccc5c4oc4ccccc45)cc(-c4cccc5c4oc4ccccc45)c3)n2)cc1. The Bertz CT molecular complexity index is 3110. The molecule has 0 saturated carbocycles. The lowest BCUT2D eigenvalue weighted by Gasteiger charge is -2.13. The summed E-state index contributed by atoms with van der Waals surface area (Å²) in [7, 11) is 0. The van der Waals surface area contributed by atoms with Crippen LogP contribution >= 0.6 is 0 Å². The lowest BCUT2D eigenvalue weighted by Crippen LogP contribution is -1.97. The quantitative estimate of drug-likeness (QED) is 0.171. The zero-order valence-electron chi connectivity index (χ0n) is 30.1. The van der Waals surface area contributed by atoms with Gasteiger partial charge in [-0.15, -0.1) is 0 Å². The van der Waals surface area contributed by atoms with Crippen LogP contribution in [-0.2, 0) is 0 Å². The summed E-state index contributed by atoms with van der Waals surface area (Å²) in [4.78, 5) is 14.7. The van der Waals surface area contributed by atoms with Crippen LogP contribution in [0, 0.1) is 0 Å². The smallest absolute Gasteiger partial charge is 0.160 e. The van der Waals surface area contributed by atoms with Crippen LogP contribution < -0.4 is 0 Å². The lowest BCUT2D eigenvalue weighted by molar-refractivity contribution is 0.670. The standard InChI is InChI=1S/C51H31N3O2/c1-2-10-34(11-3-1)45-31-46(35-22-20-32(21-23-35)33-24-26-52-27-25-33)54-51(53-45)38-29-36(39-14-8-16-43-41-12-4-6-18-47(41)55-49(39)43)28-37(30-38)40-15-9-17-44-42-13-5-7-19-48(42)56-50(40)44/h1-31H. The molecule has 0 radical (unpaired) electrons. The average molecular weight is 718 g/mol. The van der Waals surface area contributed by atoms with Gasteiger partial charge in [0.05, 0.1) is 11.4 Å². The first-order valence-corrected chi connectivity index (χ1v) is 18.7. The van der Waals surface area contributed by atoms with Gasteiger partial charge in [0.1, 0.15) is 22.3 Å². The second-order valence-corrected chi connectivity index (χ2v) is 14.0. The van der Waals surface area contributed by atoms with Crippen LogP contribution in [0.25, 0.3) is 111 Å². The van der Waals surface area contributed by atoms with Crippen LogP contribution in [0.1, 0.15) is 0 Å². The zero-order chi connectivity index (χ0) is 37.0. The third kappa shape index (κ3) is 5.45. The second-order valence-electron chi connectivity index (χ2n) is 14.0. The van der Waals surface area contributed by atoms with Gasteiger partial charge in [-0.2, -0.15) is 0 Å². The van der Waals surface area contributed by atoms with Crippen molar-refractivity contribution in [1.29, 1.82) is 0 Å². The Morgan fingerprint density at radius 2 is 0.786 bits per heavy atom. The van der Waals surface area contributed by atoms with Gasteiger partial charge in [-0.05, 0) is 70.8 Å². The van der Waals surface area contributed by atoms with E-state index in [-0.39, 0.29) is 0 Å². The molecule has 262 valence electrons. The first-order chi connectivity index (χ1) is 27.7. The van der Waals surface area contributed by atoms with Crippen LogP contribution in [0.5, 0.6) is 0 Å². The Balaban J connectivity index is 1.15. The number of hydrogen-bond acceptors (Lipinski definition) is 5. The number of para-hydroxylation sites is 4. The van der Waals surface area contributed by atoms with Crippen molar-refractivity contribution in [2.75, 3.05) is 0 Å². The summed E-state index contributed by atoms with van der Waals surface area (Å²) < 4.78 is 13.2. The maximum atomic E-state index is 6.58. The molecule has 0 aliphatic rings. The van der Waals surface area contributed by atoms with Crippen molar-refractivity contribution in [2.24, 2.45) is 0 Å². The maximum absolute atomic E-state index is 6.58. The van der Waals surface area contributed by atoms with Crippen LogP contribution in [0.4, 0.5) is 0 Å². The van der Waals surface area contributed by atoms with Gasteiger partial charge in [0, 0.05) is 61.8 Å². The molecule has 0 spiro atoms. The van der Waals surface area contributed by atoms with Crippen molar-refractivity contribution in [1.82, 2.24) is 15.0 Å². The summed E-state index contributed by atoms with van der Waals surface area (Å²) in [5.41, 5.74) is 14.2. The fourth-order valence-electron chi connectivity index (χ4n) is 7.88. The molecular formula is C51H31N3O2. The minimum Gasteiger partial charge on any atom is -0.455 e. The molecule has 11 rings (SSSR count). The number of pyridine rings is 1. The van der Waals surface area contributed by atoms with E-state index in [1.54, 1.807) is 0 Å². The molecule has 7 aromatic carbocycles. The second kappa shape index (κ2) is 13.0. The molecule has 4 aromatic heterocycles. The average Bonchev–Trinajstić information content (AvgIpc) is 3.86. The molecule has 5 heteroatoms. The van der Waals surface area contributed by atoms with E-state index in [1.165, 1.54) is 0 Å². The van der Waals surface area contributed by atoms with E-state index in [9.17, 15) is 0 Å². The number of fused-ring (bicyclic) bond motifs is 6. The molecule has 0 bridgehead atoms. The van der Waals surface area contributed by atoms with Gasteiger partial charge in [0.25, 0.3) is 0 Å². The highest BCUT2D eigenvalue weighted by atomic mass is 16.3. The van der Waals surface area contributed by atoms with Crippen molar-refractivity contribution in [3.8, 4) is 67.3 Å². The van der Waals surface area contributed by atoms with E-state index in [4.69, 9.17) is 18.8 Å². The van der Waals surface area contributed by atoms with Gasteiger partial charge in [-0.3, -0.25) is 4.98 Å². The Morgan fingerprint density at radius 1 is 0.321 bits per heavy atom. The summed E-state index contributed by atoms with van der Waals surface area (Å²) in [6, 6.07) is 60.7. The first kappa shape index (κ1) is 31.9. The third-order valence-electron chi connectivity index (χ3n) is 10.6. The van der Waals surface area contributed by atoms with Gasteiger partial charge in [0.15, 0.2) is 5.82 Å². The molecule has 0 atom stereocenters. The Hall–Kier alpha value is -7.63. The van der Waals surface area contributed by atoms with Gasteiger partial charge < -0.3 is 8.83 Å². The topological polar surface area (TPSA) is 65.0 Å². The predicted molar refractivity (Wildman–Crippen MR) is 227 cm³/mol. The molecule has 0 saturated heterocycles. The van der Waals surface area contributed by atoms with Gasteiger partial charge in [-0.25, -0.2) is 9.97 Å². The molecule has 0 amide bonds. The fourth-order valence-corrected chi connectivity index (χ4v) is 7.88. The largest absolute Gasteiger partial charge is 0.455 e. The summed E-state index contributed by atoms with van der Waals surface area (Å²) in [5.74, 6) is 0.622. The molecule has 5 nitrogen and oxygen atoms in total. The Labute approximate surface area is 322 Å². The molecule has 0 fully saturated rings. The van der Waals surface area contributed by atoms with E-state index in [2.05, 4.69) is 126 Å². The zero-order valence-corrected chi connectivity index (χ0v) is 30.1. The molecule has 0 N–H and O–H groups in total. The van der Waals surface area contributed by atoms with Crippen molar-refractivity contribution in [2.45, 2.75) is 0 Å². The highest BCUT2D eigenvalue weighted by Crippen LogP contribution is 2.42. The van der Waals surface area contributed by atoms with Gasteiger partial charge in [-0.1, -0.05) is 127 Å². The number of rotatable bonds is 6. The van der Waals surface area contributed by atoms with E-state index in [0.717, 1.165) is 105 Å².